The fraction of sp³-hybridized carbons (Fsp3) is 0.533. The molecule has 0 aliphatic carbocycles. The fourth-order valence-electron chi connectivity index (χ4n) is 2.20. The van der Waals surface area contributed by atoms with Crippen LogP contribution in [0.4, 0.5) is 0 Å². The molecule has 0 spiro atoms. The maximum atomic E-state index is 12.0. The molecule has 6 nitrogen and oxygen atoms in total. The zero-order valence-corrected chi connectivity index (χ0v) is 12.2. The lowest BCUT2D eigenvalue weighted by atomic mass is 10.1. The van der Waals surface area contributed by atoms with Crippen molar-refractivity contribution in [1.29, 1.82) is 0 Å². The topological polar surface area (TPSA) is 79.8 Å². The van der Waals surface area contributed by atoms with Crippen molar-refractivity contribution in [2.24, 2.45) is 5.92 Å². The SMILES string of the molecule is COCCOc1ccc(C(=O)NCC2CNCC2O)cc1. The highest BCUT2D eigenvalue weighted by molar-refractivity contribution is 5.94. The highest BCUT2D eigenvalue weighted by Crippen LogP contribution is 2.12. The van der Waals surface area contributed by atoms with Crippen molar-refractivity contribution >= 4 is 5.91 Å². The molecule has 1 aliphatic rings. The third kappa shape index (κ3) is 4.70. The van der Waals surface area contributed by atoms with E-state index < -0.39 is 0 Å². The van der Waals surface area contributed by atoms with Gasteiger partial charge >= 0.3 is 0 Å². The van der Waals surface area contributed by atoms with Gasteiger partial charge in [-0.1, -0.05) is 0 Å². The summed E-state index contributed by atoms with van der Waals surface area (Å²) in [5.74, 6) is 0.641. The van der Waals surface area contributed by atoms with Crippen molar-refractivity contribution in [2.75, 3.05) is 40.0 Å². The summed E-state index contributed by atoms with van der Waals surface area (Å²) in [6.45, 7) is 2.80. The second-order valence-corrected chi connectivity index (χ2v) is 5.06. The van der Waals surface area contributed by atoms with Crippen LogP contribution >= 0.6 is 0 Å². The molecule has 3 N–H and O–H groups in total. The number of hydrogen-bond donors (Lipinski definition) is 3. The summed E-state index contributed by atoms with van der Waals surface area (Å²) in [4.78, 5) is 12.0. The number of carbonyl (C=O) groups is 1. The van der Waals surface area contributed by atoms with Gasteiger partial charge in [0.1, 0.15) is 12.4 Å². The molecule has 2 atom stereocenters. The van der Waals surface area contributed by atoms with Crippen LogP contribution in [0, 0.1) is 5.92 Å². The fourth-order valence-corrected chi connectivity index (χ4v) is 2.20. The Labute approximate surface area is 124 Å². The Kier molecular flexibility index (Phi) is 5.98. The molecule has 1 fully saturated rings. The van der Waals surface area contributed by atoms with E-state index in [1.54, 1.807) is 31.4 Å². The molecule has 0 bridgehead atoms. The normalized spacial score (nSPS) is 21.2. The predicted octanol–water partition coefficient (Wildman–Crippen LogP) is 0.0219. The van der Waals surface area contributed by atoms with Crippen LogP contribution in [-0.4, -0.2) is 57.1 Å². The summed E-state index contributed by atoms with van der Waals surface area (Å²) in [6.07, 6.45) is -0.387. The monoisotopic (exact) mass is 294 g/mol. The first-order valence-electron chi connectivity index (χ1n) is 7.09. The third-order valence-corrected chi connectivity index (χ3v) is 3.50. The van der Waals surface area contributed by atoms with E-state index in [0.29, 0.717) is 37.6 Å². The van der Waals surface area contributed by atoms with Crippen LogP contribution < -0.4 is 15.4 Å². The average molecular weight is 294 g/mol. The molecule has 21 heavy (non-hydrogen) atoms. The summed E-state index contributed by atoms with van der Waals surface area (Å²) in [7, 11) is 1.62. The maximum absolute atomic E-state index is 12.0. The molecule has 1 aliphatic heterocycles. The molecule has 1 heterocycles. The quantitative estimate of drug-likeness (QED) is 0.618. The highest BCUT2D eigenvalue weighted by Gasteiger charge is 2.25. The molecule has 6 heteroatoms. The lowest BCUT2D eigenvalue weighted by molar-refractivity contribution is 0.0927. The molecule has 0 radical (unpaired) electrons. The van der Waals surface area contributed by atoms with Gasteiger partial charge in [0.05, 0.1) is 12.7 Å². The van der Waals surface area contributed by atoms with Gasteiger partial charge in [0.15, 0.2) is 0 Å². The third-order valence-electron chi connectivity index (χ3n) is 3.50. The molecular weight excluding hydrogens is 272 g/mol. The van der Waals surface area contributed by atoms with Crippen molar-refractivity contribution in [3.8, 4) is 5.75 Å². The summed E-state index contributed by atoms with van der Waals surface area (Å²) in [5, 5.41) is 15.6. The van der Waals surface area contributed by atoms with Crippen LogP contribution in [0.5, 0.6) is 5.75 Å². The standard InChI is InChI=1S/C15H22N2O4/c1-20-6-7-21-13-4-2-11(3-5-13)15(19)17-9-12-8-16-10-14(12)18/h2-5,12,14,16,18H,6-10H2,1H3,(H,17,19). The first-order chi connectivity index (χ1) is 10.2. The van der Waals surface area contributed by atoms with E-state index in [9.17, 15) is 9.90 Å². The Morgan fingerprint density at radius 3 is 2.71 bits per heavy atom. The molecule has 1 saturated heterocycles. The van der Waals surface area contributed by atoms with Crippen LogP contribution in [0.1, 0.15) is 10.4 Å². The van der Waals surface area contributed by atoms with Gasteiger partial charge in [-0.2, -0.15) is 0 Å². The van der Waals surface area contributed by atoms with E-state index >= 15 is 0 Å². The Balaban J connectivity index is 1.79. The van der Waals surface area contributed by atoms with Crippen molar-refractivity contribution < 1.29 is 19.4 Å². The summed E-state index contributed by atoms with van der Waals surface area (Å²) in [6, 6.07) is 6.97. The number of nitrogens with one attached hydrogen (secondary N) is 2. The minimum atomic E-state index is -0.387. The van der Waals surface area contributed by atoms with E-state index in [2.05, 4.69) is 10.6 Å². The summed E-state index contributed by atoms with van der Waals surface area (Å²) >= 11 is 0. The summed E-state index contributed by atoms with van der Waals surface area (Å²) < 4.78 is 10.3. The van der Waals surface area contributed by atoms with E-state index in [1.807, 2.05) is 0 Å². The Morgan fingerprint density at radius 1 is 1.33 bits per heavy atom. The second kappa shape index (κ2) is 7.97. The summed E-state index contributed by atoms with van der Waals surface area (Å²) in [5.41, 5.74) is 0.578. The van der Waals surface area contributed by atoms with E-state index in [1.165, 1.54) is 0 Å². The lowest BCUT2D eigenvalue weighted by Gasteiger charge is -2.14. The van der Waals surface area contributed by atoms with Crippen LogP contribution in [-0.2, 0) is 4.74 Å². The lowest BCUT2D eigenvalue weighted by Crippen LogP contribution is -2.34. The van der Waals surface area contributed by atoms with Gasteiger partial charge in [0.25, 0.3) is 5.91 Å². The van der Waals surface area contributed by atoms with E-state index in [4.69, 9.17) is 9.47 Å². The maximum Gasteiger partial charge on any atom is 0.251 e. The smallest absolute Gasteiger partial charge is 0.251 e. The zero-order chi connectivity index (χ0) is 15.1. The minimum Gasteiger partial charge on any atom is -0.491 e. The molecule has 2 unspecified atom stereocenters. The first-order valence-corrected chi connectivity index (χ1v) is 7.09. The first kappa shape index (κ1) is 15.8. The van der Waals surface area contributed by atoms with E-state index in [0.717, 1.165) is 6.54 Å². The Morgan fingerprint density at radius 2 is 2.10 bits per heavy atom. The molecule has 1 amide bonds. The molecule has 1 aromatic rings. The molecule has 0 saturated carbocycles. The molecule has 116 valence electrons. The van der Waals surface area contributed by atoms with Gasteiger partial charge < -0.3 is 25.2 Å². The Bertz CT molecular complexity index is 449. The molecule has 1 aromatic carbocycles. The second-order valence-electron chi connectivity index (χ2n) is 5.06. The van der Waals surface area contributed by atoms with Crippen LogP contribution in [0.15, 0.2) is 24.3 Å². The van der Waals surface area contributed by atoms with Gasteiger partial charge in [-0.3, -0.25) is 4.79 Å². The predicted molar refractivity (Wildman–Crippen MR) is 78.5 cm³/mol. The number of carbonyl (C=O) groups excluding carboxylic acids is 1. The van der Waals surface area contributed by atoms with Crippen molar-refractivity contribution in [3.63, 3.8) is 0 Å². The van der Waals surface area contributed by atoms with Gasteiger partial charge in [-0.05, 0) is 24.3 Å². The van der Waals surface area contributed by atoms with Gasteiger partial charge in [-0.15, -0.1) is 0 Å². The van der Waals surface area contributed by atoms with Gasteiger partial charge in [-0.25, -0.2) is 0 Å². The Hall–Kier alpha value is -1.63. The van der Waals surface area contributed by atoms with Crippen LogP contribution in [0.2, 0.25) is 0 Å². The minimum absolute atomic E-state index is 0.0746. The van der Waals surface area contributed by atoms with Crippen LogP contribution in [0.3, 0.4) is 0 Å². The molecule has 2 rings (SSSR count). The van der Waals surface area contributed by atoms with Crippen LogP contribution in [0.25, 0.3) is 0 Å². The number of β-amino-alcohol motifs (C(OH)–C–C–N with tert-alkyl or cyclic N) is 1. The van der Waals surface area contributed by atoms with E-state index in [-0.39, 0.29) is 17.9 Å². The molecule has 0 aromatic heterocycles. The highest BCUT2D eigenvalue weighted by atomic mass is 16.5. The van der Waals surface area contributed by atoms with Crippen molar-refractivity contribution in [3.05, 3.63) is 29.8 Å². The number of amides is 1. The van der Waals surface area contributed by atoms with Crippen molar-refractivity contribution in [2.45, 2.75) is 6.10 Å². The average Bonchev–Trinajstić information content (AvgIpc) is 2.91. The number of ether oxygens (including phenoxy) is 2. The van der Waals surface area contributed by atoms with Crippen molar-refractivity contribution in [1.82, 2.24) is 10.6 Å². The number of rotatable bonds is 7. The number of methoxy groups -OCH3 is 1. The van der Waals surface area contributed by atoms with Gasteiger partial charge in [0.2, 0.25) is 0 Å². The van der Waals surface area contributed by atoms with Gasteiger partial charge in [0, 0.05) is 38.2 Å². The number of aliphatic hydroxyl groups excluding tert-OH is 1. The number of benzene rings is 1. The number of aliphatic hydroxyl groups is 1. The zero-order valence-electron chi connectivity index (χ0n) is 12.2. The number of hydrogen-bond acceptors (Lipinski definition) is 5. The largest absolute Gasteiger partial charge is 0.491 e. The molecular formula is C15H22N2O4.